The minimum atomic E-state index is -0.695. The average molecular weight is 381 g/mol. The lowest BCUT2D eigenvalue weighted by molar-refractivity contribution is -0.123. The fourth-order valence-electron chi connectivity index (χ4n) is 2.36. The molecular weight excluding hydrogens is 362 g/mol. The maximum absolute atomic E-state index is 12.3. The molecule has 0 aliphatic heterocycles. The molecule has 6 nitrogen and oxygen atoms in total. The van der Waals surface area contributed by atoms with E-state index in [2.05, 4.69) is 15.6 Å². The van der Waals surface area contributed by atoms with Crippen LogP contribution in [-0.4, -0.2) is 29.9 Å². The van der Waals surface area contributed by atoms with Crippen LogP contribution < -0.4 is 15.4 Å². The smallest absolute Gasteiger partial charge is 0.248 e. The molecule has 1 aromatic heterocycles. The molecule has 0 aliphatic carbocycles. The largest absolute Gasteiger partial charge is 0.497 e. The number of benzene rings is 2. The number of ether oxygens (including phenoxy) is 1. The van der Waals surface area contributed by atoms with Crippen LogP contribution in [0.4, 0.5) is 5.13 Å². The van der Waals surface area contributed by atoms with E-state index in [0.29, 0.717) is 5.13 Å². The lowest BCUT2D eigenvalue weighted by Crippen LogP contribution is -2.40. The van der Waals surface area contributed by atoms with E-state index in [9.17, 15) is 9.59 Å². The molecule has 1 unspecified atom stereocenters. The van der Waals surface area contributed by atoms with E-state index in [1.54, 1.807) is 20.1 Å². The fourth-order valence-corrected chi connectivity index (χ4v) is 3.26. The summed E-state index contributed by atoms with van der Waals surface area (Å²) in [6.07, 6.45) is 3.10. The normalized spacial score (nSPS) is 12.1. The minimum Gasteiger partial charge on any atom is -0.497 e. The summed E-state index contributed by atoms with van der Waals surface area (Å²) >= 11 is 1.35. The fraction of sp³-hybridized carbons (Fsp3) is 0.150. The molecule has 138 valence electrons. The summed E-state index contributed by atoms with van der Waals surface area (Å²) in [5.74, 6) is 0.0629. The van der Waals surface area contributed by atoms with Gasteiger partial charge in [0.25, 0.3) is 0 Å². The zero-order chi connectivity index (χ0) is 19.2. The molecule has 0 saturated carbocycles. The Hall–Kier alpha value is -3.19. The third kappa shape index (κ3) is 4.92. The van der Waals surface area contributed by atoms with Crippen LogP contribution >= 0.6 is 11.3 Å². The Morgan fingerprint density at radius 1 is 1.19 bits per heavy atom. The summed E-state index contributed by atoms with van der Waals surface area (Å²) in [5.41, 5.74) is 1.69. The van der Waals surface area contributed by atoms with E-state index in [0.717, 1.165) is 21.5 Å². The first-order chi connectivity index (χ1) is 13.0. The Morgan fingerprint density at radius 3 is 2.70 bits per heavy atom. The molecule has 0 radical (unpaired) electrons. The monoisotopic (exact) mass is 381 g/mol. The molecular formula is C20H19N3O3S. The van der Waals surface area contributed by atoms with Crippen molar-refractivity contribution in [3.05, 3.63) is 60.2 Å². The van der Waals surface area contributed by atoms with Crippen molar-refractivity contribution in [3.8, 4) is 5.75 Å². The van der Waals surface area contributed by atoms with Crippen LogP contribution in [0.15, 0.2) is 54.6 Å². The number of hydrogen-bond donors (Lipinski definition) is 2. The lowest BCUT2D eigenvalue weighted by Gasteiger charge is -2.11. The van der Waals surface area contributed by atoms with Crippen molar-refractivity contribution in [3.63, 3.8) is 0 Å². The molecule has 0 spiro atoms. The van der Waals surface area contributed by atoms with Crippen molar-refractivity contribution >= 4 is 44.6 Å². The molecule has 27 heavy (non-hydrogen) atoms. The summed E-state index contributed by atoms with van der Waals surface area (Å²) in [7, 11) is 1.60. The first-order valence-electron chi connectivity index (χ1n) is 8.34. The number of amides is 2. The number of carbonyl (C=O) groups is 2. The Kier molecular flexibility index (Phi) is 5.83. The molecule has 0 bridgehead atoms. The summed E-state index contributed by atoms with van der Waals surface area (Å²) in [6, 6.07) is 14.3. The topological polar surface area (TPSA) is 80.3 Å². The highest BCUT2D eigenvalue weighted by atomic mass is 32.1. The molecule has 0 saturated heterocycles. The maximum Gasteiger partial charge on any atom is 0.248 e. The van der Waals surface area contributed by atoms with Crippen molar-refractivity contribution in [2.45, 2.75) is 13.0 Å². The summed E-state index contributed by atoms with van der Waals surface area (Å²) in [6.45, 7) is 1.62. The Morgan fingerprint density at radius 2 is 1.96 bits per heavy atom. The molecule has 3 aromatic rings. The van der Waals surface area contributed by atoms with E-state index in [4.69, 9.17) is 4.74 Å². The van der Waals surface area contributed by atoms with Gasteiger partial charge in [0, 0.05) is 6.08 Å². The average Bonchev–Trinajstić information content (AvgIpc) is 3.08. The molecule has 3 rings (SSSR count). The second-order valence-corrected chi connectivity index (χ2v) is 6.85. The summed E-state index contributed by atoms with van der Waals surface area (Å²) in [4.78, 5) is 28.7. The number of anilines is 1. The molecule has 2 aromatic carbocycles. The molecule has 7 heteroatoms. The van der Waals surface area contributed by atoms with Crippen LogP contribution in [0.1, 0.15) is 12.5 Å². The van der Waals surface area contributed by atoms with Crippen LogP contribution in [0.25, 0.3) is 16.3 Å². The van der Waals surface area contributed by atoms with Crippen LogP contribution in [0.3, 0.4) is 0 Å². The van der Waals surface area contributed by atoms with Gasteiger partial charge in [-0.2, -0.15) is 0 Å². The standard InChI is InChI=1S/C20H19N3O3S/c1-13(21-18(24)11-8-14-6-4-3-5-7-14)19(25)23-20-22-16-10-9-15(26-2)12-17(16)27-20/h3-13H,1-2H3,(H,21,24)(H,22,23,25)/b11-8+. The van der Waals surface area contributed by atoms with E-state index in [-0.39, 0.29) is 11.8 Å². The highest BCUT2D eigenvalue weighted by Crippen LogP contribution is 2.29. The highest BCUT2D eigenvalue weighted by Gasteiger charge is 2.16. The zero-order valence-corrected chi connectivity index (χ0v) is 15.7. The van der Waals surface area contributed by atoms with Gasteiger partial charge in [0.05, 0.1) is 17.3 Å². The third-order valence-corrected chi connectivity index (χ3v) is 4.74. The van der Waals surface area contributed by atoms with Gasteiger partial charge in [-0.15, -0.1) is 0 Å². The Labute approximate surface area is 160 Å². The zero-order valence-electron chi connectivity index (χ0n) is 14.9. The van der Waals surface area contributed by atoms with Gasteiger partial charge in [0.1, 0.15) is 11.8 Å². The number of nitrogens with zero attached hydrogens (tertiary/aromatic N) is 1. The van der Waals surface area contributed by atoms with Gasteiger partial charge in [-0.05, 0) is 36.8 Å². The van der Waals surface area contributed by atoms with Crippen molar-refractivity contribution in [1.82, 2.24) is 10.3 Å². The van der Waals surface area contributed by atoms with Crippen LogP contribution in [0.2, 0.25) is 0 Å². The number of rotatable bonds is 6. The second-order valence-electron chi connectivity index (χ2n) is 5.82. The van der Waals surface area contributed by atoms with Gasteiger partial charge < -0.3 is 15.4 Å². The van der Waals surface area contributed by atoms with Gasteiger partial charge in [0.15, 0.2) is 5.13 Å². The van der Waals surface area contributed by atoms with Gasteiger partial charge in [-0.25, -0.2) is 4.98 Å². The number of carbonyl (C=O) groups excluding carboxylic acids is 2. The van der Waals surface area contributed by atoms with Gasteiger partial charge in [0.2, 0.25) is 11.8 Å². The Balaban J connectivity index is 1.58. The molecule has 2 N–H and O–H groups in total. The van der Waals surface area contributed by atoms with E-state index < -0.39 is 6.04 Å². The number of nitrogens with one attached hydrogen (secondary N) is 2. The van der Waals surface area contributed by atoms with Crippen molar-refractivity contribution in [2.75, 3.05) is 12.4 Å². The molecule has 1 atom stereocenters. The maximum atomic E-state index is 12.3. The number of hydrogen-bond acceptors (Lipinski definition) is 5. The lowest BCUT2D eigenvalue weighted by atomic mass is 10.2. The summed E-state index contributed by atoms with van der Waals surface area (Å²) < 4.78 is 6.10. The Bertz CT molecular complexity index is 983. The first-order valence-corrected chi connectivity index (χ1v) is 9.16. The number of fused-ring (bicyclic) bond motifs is 1. The van der Waals surface area contributed by atoms with E-state index in [1.807, 2.05) is 48.5 Å². The van der Waals surface area contributed by atoms with Crippen molar-refractivity contribution in [2.24, 2.45) is 0 Å². The second kappa shape index (κ2) is 8.46. The number of methoxy groups -OCH3 is 1. The quantitative estimate of drug-likeness (QED) is 0.641. The highest BCUT2D eigenvalue weighted by molar-refractivity contribution is 7.22. The molecule has 2 amide bonds. The molecule has 0 aliphatic rings. The molecule has 1 heterocycles. The van der Waals surface area contributed by atoms with Gasteiger partial charge >= 0.3 is 0 Å². The van der Waals surface area contributed by atoms with Crippen LogP contribution in [0.5, 0.6) is 5.75 Å². The first kappa shape index (κ1) is 18.6. The van der Waals surface area contributed by atoms with Crippen molar-refractivity contribution in [1.29, 1.82) is 0 Å². The third-order valence-electron chi connectivity index (χ3n) is 3.80. The van der Waals surface area contributed by atoms with Gasteiger partial charge in [-0.1, -0.05) is 41.7 Å². The minimum absolute atomic E-state index is 0.331. The number of thiazole rings is 1. The predicted molar refractivity (Wildman–Crippen MR) is 108 cm³/mol. The number of aromatic nitrogens is 1. The predicted octanol–water partition coefficient (Wildman–Crippen LogP) is 3.46. The van der Waals surface area contributed by atoms with E-state index >= 15 is 0 Å². The van der Waals surface area contributed by atoms with Gasteiger partial charge in [-0.3, -0.25) is 9.59 Å². The summed E-state index contributed by atoms with van der Waals surface area (Å²) in [5, 5.41) is 5.85. The SMILES string of the molecule is COc1ccc2nc(NC(=O)C(C)NC(=O)/C=C/c3ccccc3)sc2c1. The van der Waals surface area contributed by atoms with Crippen LogP contribution in [0, 0.1) is 0 Å². The van der Waals surface area contributed by atoms with Crippen molar-refractivity contribution < 1.29 is 14.3 Å². The van der Waals surface area contributed by atoms with Crippen LogP contribution in [-0.2, 0) is 9.59 Å². The molecule has 0 fully saturated rings. The van der Waals surface area contributed by atoms with E-state index in [1.165, 1.54) is 17.4 Å².